The topological polar surface area (TPSA) is 77.7 Å². The molecule has 196 valence electrons. The second-order valence-corrected chi connectivity index (χ2v) is 9.63. The van der Waals surface area contributed by atoms with Crippen molar-refractivity contribution in [2.24, 2.45) is 0 Å². The van der Waals surface area contributed by atoms with Gasteiger partial charge in [-0.05, 0) is 79.8 Å². The van der Waals surface area contributed by atoms with Crippen molar-refractivity contribution < 1.29 is 22.4 Å². The summed E-state index contributed by atoms with van der Waals surface area (Å²) in [7, 11) is 0. The van der Waals surface area contributed by atoms with E-state index in [1.54, 1.807) is 12.1 Å². The zero-order valence-electron chi connectivity index (χ0n) is 20.5. The lowest BCUT2D eigenvalue weighted by molar-refractivity contribution is -0.138. The van der Waals surface area contributed by atoms with Gasteiger partial charge in [0.25, 0.3) is 5.56 Å². The quantitative estimate of drug-likeness (QED) is 0.238. The van der Waals surface area contributed by atoms with E-state index in [0.29, 0.717) is 48.6 Å². The monoisotopic (exact) mass is 524 g/mol. The number of rotatable bonds is 5. The molecule has 0 atom stereocenters. The molecule has 0 unspecified atom stereocenters. The lowest BCUT2D eigenvalue weighted by Gasteiger charge is -2.30. The van der Waals surface area contributed by atoms with Gasteiger partial charge in [-0.2, -0.15) is 13.2 Å². The molecule has 0 bridgehead atoms. The van der Waals surface area contributed by atoms with Crippen LogP contribution in [0, 0.1) is 12.7 Å². The molecule has 0 amide bonds. The summed E-state index contributed by atoms with van der Waals surface area (Å²) >= 11 is 0. The molecule has 0 saturated heterocycles. The van der Waals surface area contributed by atoms with E-state index < -0.39 is 23.8 Å². The van der Waals surface area contributed by atoms with Crippen LogP contribution in [0.4, 0.5) is 17.6 Å². The van der Waals surface area contributed by atoms with Gasteiger partial charge in [-0.3, -0.25) is 24.1 Å². The van der Waals surface area contributed by atoms with Gasteiger partial charge in [0.2, 0.25) is 0 Å². The number of hydrogen-bond acceptors (Lipinski definition) is 5. The van der Waals surface area contributed by atoms with Crippen LogP contribution in [-0.2, 0) is 12.7 Å². The van der Waals surface area contributed by atoms with Gasteiger partial charge in [0, 0.05) is 11.8 Å². The summed E-state index contributed by atoms with van der Waals surface area (Å²) in [5, 5.41) is 0. The van der Waals surface area contributed by atoms with Gasteiger partial charge in [-0.1, -0.05) is 12.1 Å². The van der Waals surface area contributed by atoms with Gasteiger partial charge in [0.1, 0.15) is 17.0 Å². The van der Waals surface area contributed by atoms with Crippen LogP contribution in [0.3, 0.4) is 0 Å². The fraction of sp³-hybridized carbons (Fsp3) is 0.321. The molecule has 10 heteroatoms. The highest BCUT2D eigenvalue weighted by Crippen LogP contribution is 2.41. The van der Waals surface area contributed by atoms with Crippen molar-refractivity contribution in [3.05, 3.63) is 98.6 Å². The van der Waals surface area contributed by atoms with E-state index in [4.69, 9.17) is 0 Å². The molecule has 0 N–H and O–H groups in total. The van der Waals surface area contributed by atoms with Crippen molar-refractivity contribution in [1.82, 2.24) is 19.5 Å². The highest BCUT2D eigenvalue weighted by Gasteiger charge is 2.34. The van der Waals surface area contributed by atoms with Gasteiger partial charge in [0.15, 0.2) is 11.9 Å². The Morgan fingerprint density at radius 1 is 1.05 bits per heavy atom. The highest BCUT2D eigenvalue weighted by molar-refractivity contribution is 5.78. The van der Waals surface area contributed by atoms with E-state index in [0.717, 1.165) is 16.2 Å². The van der Waals surface area contributed by atoms with Gasteiger partial charge >= 0.3 is 6.18 Å². The number of aryl methyl sites for hydroxylation is 1. The zero-order valence-corrected chi connectivity index (χ0v) is 20.5. The minimum atomic E-state index is -4.66. The fourth-order valence-corrected chi connectivity index (χ4v) is 5.49. The predicted molar refractivity (Wildman–Crippen MR) is 133 cm³/mol. The molecule has 0 spiro atoms. The molecule has 3 aromatic heterocycles. The summed E-state index contributed by atoms with van der Waals surface area (Å²) in [6, 6.07) is 8.72. The Kier molecular flexibility index (Phi) is 6.81. The van der Waals surface area contributed by atoms with Gasteiger partial charge < -0.3 is 0 Å². The highest BCUT2D eigenvalue weighted by atomic mass is 19.4. The van der Waals surface area contributed by atoms with E-state index in [1.165, 1.54) is 24.5 Å². The number of halogens is 4. The Labute approximate surface area is 215 Å². The number of fused-ring (bicyclic) bond motifs is 1. The third-order valence-corrected chi connectivity index (χ3v) is 7.31. The zero-order chi connectivity index (χ0) is 27.0. The van der Waals surface area contributed by atoms with E-state index in [9.17, 15) is 27.2 Å². The molecule has 3 heterocycles. The van der Waals surface area contributed by atoms with Crippen LogP contribution in [0.5, 0.6) is 0 Å². The molecular weight excluding hydrogens is 500 g/mol. The Bertz CT molecular complexity index is 1550. The Balaban J connectivity index is 1.55. The van der Waals surface area contributed by atoms with Gasteiger partial charge in [-0.15, -0.1) is 0 Å². The third-order valence-electron chi connectivity index (χ3n) is 7.31. The average molecular weight is 525 g/mol. The smallest absolute Gasteiger partial charge is 0.296 e. The number of pyridine rings is 2. The van der Waals surface area contributed by atoms with E-state index in [2.05, 4.69) is 15.0 Å². The van der Waals surface area contributed by atoms with Crippen molar-refractivity contribution in [3.8, 4) is 0 Å². The molecule has 0 radical (unpaired) electrons. The van der Waals surface area contributed by atoms with Crippen LogP contribution in [0.25, 0.3) is 11.2 Å². The number of alkyl halides is 3. The molecule has 1 aliphatic rings. The summed E-state index contributed by atoms with van der Waals surface area (Å²) in [5.41, 5.74) is 0.472. The molecule has 38 heavy (non-hydrogen) atoms. The Hall–Kier alpha value is -3.95. The number of carbonyl (C=O) groups excluding carboxylic acids is 1. The van der Waals surface area contributed by atoms with E-state index >= 15 is 0 Å². The summed E-state index contributed by atoms with van der Waals surface area (Å²) < 4.78 is 56.7. The molecule has 4 aromatic rings. The normalized spacial score (nSPS) is 18.0. The first-order chi connectivity index (χ1) is 18.2. The number of carbonyl (C=O) groups is 1. The van der Waals surface area contributed by atoms with Crippen LogP contribution in [0.1, 0.15) is 76.0 Å². The van der Waals surface area contributed by atoms with Crippen LogP contribution >= 0.6 is 0 Å². The maximum Gasteiger partial charge on any atom is 0.418 e. The lowest BCUT2D eigenvalue weighted by Crippen LogP contribution is -2.29. The first kappa shape index (κ1) is 25.7. The minimum Gasteiger partial charge on any atom is -0.296 e. The first-order valence-electron chi connectivity index (χ1n) is 12.3. The average Bonchev–Trinajstić information content (AvgIpc) is 2.90. The van der Waals surface area contributed by atoms with Crippen LogP contribution in [0.15, 0.2) is 53.6 Å². The van der Waals surface area contributed by atoms with Crippen molar-refractivity contribution in [2.45, 2.75) is 57.2 Å². The summed E-state index contributed by atoms with van der Waals surface area (Å²) in [5.74, 6) is -0.397. The first-order valence-corrected chi connectivity index (χ1v) is 12.3. The number of aromatic nitrogens is 4. The van der Waals surface area contributed by atoms with Crippen molar-refractivity contribution in [2.75, 3.05) is 0 Å². The second-order valence-electron chi connectivity index (χ2n) is 9.63. The molecule has 6 nitrogen and oxygen atoms in total. The number of aldehydes is 1. The molecule has 1 fully saturated rings. The number of nitrogens with zero attached hydrogens (tertiary/aromatic N) is 4. The minimum absolute atomic E-state index is 0.0118. The summed E-state index contributed by atoms with van der Waals surface area (Å²) in [4.78, 5) is 37.4. The van der Waals surface area contributed by atoms with E-state index in [1.807, 2.05) is 13.0 Å². The Morgan fingerprint density at radius 2 is 1.79 bits per heavy atom. The Morgan fingerprint density at radius 3 is 2.47 bits per heavy atom. The molecule has 1 aromatic carbocycles. The van der Waals surface area contributed by atoms with Gasteiger partial charge in [-0.25, -0.2) is 9.37 Å². The van der Waals surface area contributed by atoms with Crippen molar-refractivity contribution in [3.63, 3.8) is 0 Å². The lowest BCUT2D eigenvalue weighted by atomic mass is 9.75. The largest absolute Gasteiger partial charge is 0.418 e. The van der Waals surface area contributed by atoms with Crippen molar-refractivity contribution in [1.29, 1.82) is 0 Å². The number of hydrogen-bond donors (Lipinski definition) is 0. The fourth-order valence-electron chi connectivity index (χ4n) is 5.49. The van der Waals surface area contributed by atoms with Crippen LogP contribution < -0.4 is 5.56 Å². The molecule has 5 rings (SSSR count). The maximum atomic E-state index is 14.6. The molecule has 1 aliphatic carbocycles. The second kappa shape index (κ2) is 10.1. The van der Waals surface area contributed by atoms with Crippen LogP contribution in [0.2, 0.25) is 0 Å². The van der Waals surface area contributed by atoms with Crippen molar-refractivity contribution >= 4 is 17.5 Å². The maximum absolute atomic E-state index is 14.6. The SMILES string of the molecule is Cc1cccc(F)c1C1CCC(c2cc3ncc(C=O)nc3n(Cc3ncccc3C(F)(F)F)c2=O)CC1. The molecular formula is C28H24F4N4O2. The summed E-state index contributed by atoms with van der Waals surface area (Å²) in [6.45, 7) is 1.39. The van der Waals surface area contributed by atoms with E-state index in [-0.39, 0.29) is 34.7 Å². The molecule has 1 saturated carbocycles. The third kappa shape index (κ3) is 4.82. The standard InChI is InChI=1S/C28H24F4N4O2/c1-16-4-2-6-22(29)25(16)18-9-7-17(8-10-18)20-12-23-26(35-19(15-37)13-34-23)36(27(20)38)14-24-21(28(30,31)32)5-3-11-33-24/h2-6,11-13,15,17-18H,7-10,14H2,1H3. The van der Waals surface area contributed by atoms with Gasteiger partial charge in [0.05, 0.1) is 24.0 Å². The van der Waals surface area contributed by atoms with Crippen LogP contribution in [-0.4, -0.2) is 25.8 Å². The number of benzene rings is 1. The predicted octanol–water partition coefficient (Wildman–Crippen LogP) is 5.96. The molecule has 0 aliphatic heterocycles. The summed E-state index contributed by atoms with van der Waals surface area (Å²) in [6.07, 6.45) is 0.833.